The van der Waals surface area contributed by atoms with Gasteiger partial charge in [-0.15, -0.1) is 0 Å². The number of rotatable bonds is 9. The van der Waals surface area contributed by atoms with Gasteiger partial charge in [0.25, 0.3) is 0 Å². The lowest BCUT2D eigenvalue weighted by Gasteiger charge is -2.31. The zero-order chi connectivity index (χ0) is 18.2. The summed E-state index contributed by atoms with van der Waals surface area (Å²) in [5.41, 5.74) is 1.76. The molecule has 0 saturated carbocycles. The van der Waals surface area contributed by atoms with E-state index in [-0.39, 0.29) is 0 Å². The quantitative estimate of drug-likeness (QED) is 0.736. The van der Waals surface area contributed by atoms with Crippen LogP contribution < -0.4 is 4.74 Å². The van der Waals surface area contributed by atoms with Gasteiger partial charge in [0.05, 0.1) is 20.3 Å². The molecule has 1 aliphatic rings. The van der Waals surface area contributed by atoms with Crippen molar-refractivity contribution in [3.8, 4) is 5.75 Å². The van der Waals surface area contributed by atoms with Gasteiger partial charge in [-0.05, 0) is 32.5 Å². The van der Waals surface area contributed by atoms with Crippen molar-refractivity contribution in [2.75, 3.05) is 53.0 Å². The van der Waals surface area contributed by atoms with E-state index >= 15 is 0 Å². The fourth-order valence-electron chi connectivity index (χ4n) is 3.35. The molecule has 1 aliphatic heterocycles. The first-order valence-corrected chi connectivity index (χ1v) is 8.98. The molecule has 1 aromatic carbocycles. The number of ether oxygens (including phenoxy) is 2. The number of aliphatic carboxylic acids is 1. The van der Waals surface area contributed by atoms with Crippen molar-refractivity contribution in [3.05, 3.63) is 29.3 Å². The summed E-state index contributed by atoms with van der Waals surface area (Å²) in [4.78, 5) is 16.4. The summed E-state index contributed by atoms with van der Waals surface area (Å²) in [6.07, 6.45) is 0.936. The average molecular weight is 350 g/mol. The fourth-order valence-corrected chi connectivity index (χ4v) is 3.35. The number of carboxylic acid groups (broad SMARTS) is 1. The van der Waals surface area contributed by atoms with E-state index in [1.165, 1.54) is 0 Å². The Morgan fingerprint density at radius 1 is 1.40 bits per heavy atom. The summed E-state index contributed by atoms with van der Waals surface area (Å²) in [5.74, 6) is -0.207. The van der Waals surface area contributed by atoms with E-state index in [1.54, 1.807) is 7.11 Å². The Bertz CT molecular complexity index is 558. The zero-order valence-electron chi connectivity index (χ0n) is 15.5. The third-order valence-electron chi connectivity index (χ3n) is 4.71. The largest absolute Gasteiger partial charge is 0.496 e. The van der Waals surface area contributed by atoms with Crippen molar-refractivity contribution < 1.29 is 19.4 Å². The molecule has 1 aromatic rings. The summed E-state index contributed by atoms with van der Waals surface area (Å²) in [6.45, 7) is 9.85. The van der Waals surface area contributed by atoms with Crippen LogP contribution in [-0.2, 0) is 9.53 Å². The molecule has 0 aromatic heterocycles. The number of aryl methyl sites for hydroxylation is 1. The molecule has 1 N–H and O–H groups in total. The van der Waals surface area contributed by atoms with E-state index in [9.17, 15) is 9.90 Å². The molecular formula is C19H30N2O4. The summed E-state index contributed by atoms with van der Waals surface area (Å²) in [7, 11) is 1.59. The standard InChI is InChI=1S/C19H30N2O4/c1-4-21(9-5-8-20-10-12-25-13-11-20)18(19(22)23)16-14-15(2)6-7-17(16)24-3/h6-7,14,18H,4-5,8-13H2,1-3H3,(H,22,23)/t18-/m1/s1. The molecule has 0 aliphatic carbocycles. The van der Waals surface area contributed by atoms with Crippen LogP contribution in [0.3, 0.4) is 0 Å². The summed E-state index contributed by atoms with van der Waals surface area (Å²) in [6, 6.07) is 5.02. The van der Waals surface area contributed by atoms with Crippen molar-refractivity contribution in [3.63, 3.8) is 0 Å². The molecule has 1 saturated heterocycles. The van der Waals surface area contributed by atoms with Crippen molar-refractivity contribution in [2.24, 2.45) is 0 Å². The Hall–Kier alpha value is -1.63. The van der Waals surface area contributed by atoms with Crippen LogP contribution in [0.1, 0.15) is 30.5 Å². The minimum absolute atomic E-state index is 0.629. The second-order valence-corrected chi connectivity index (χ2v) is 6.42. The predicted octanol–water partition coefficient (Wildman–Crippen LogP) is 2.17. The molecule has 6 nitrogen and oxygen atoms in total. The van der Waals surface area contributed by atoms with E-state index in [1.807, 2.05) is 36.9 Å². The average Bonchev–Trinajstić information content (AvgIpc) is 2.61. The molecule has 6 heteroatoms. The van der Waals surface area contributed by atoms with Gasteiger partial charge in [-0.3, -0.25) is 14.6 Å². The molecule has 1 heterocycles. The van der Waals surface area contributed by atoms with Gasteiger partial charge >= 0.3 is 5.97 Å². The second kappa shape index (κ2) is 9.75. The van der Waals surface area contributed by atoms with Crippen LogP contribution in [0, 0.1) is 6.92 Å². The van der Waals surface area contributed by atoms with Crippen molar-refractivity contribution in [1.82, 2.24) is 9.80 Å². The van der Waals surface area contributed by atoms with Gasteiger partial charge < -0.3 is 14.6 Å². The number of methoxy groups -OCH3 is 1. The lowest BCUT2D eigenvalue weighted by molar-refractivity contribution is -0.143. The van der Waals surface area contributed by atoms with Crippen LogP contribution in [-0.4, -0.2) is 73.9 Å². The van der Waals surface area contributed by atoms with Crippen LogP contribution in [0.2, 0.25) is 0 Å². The van der Waals surface area contributed by atoms with E-state index in [4.69, 9.17) is 9.47 Å². The van der Waals surface area contributed by atoms with Gasteiger partial charge in [0.15, 0.2) is 0 Å². The van der Waals surface area contributed by atoms with Crippen molar-refractivity contribution in [2.45, 2.75) is 26.3 Å². The Labute approximate surface area is 150 Å². The molecule has 140 valence electrons. The van der Waals surface area contributed by atoms with E-state index < -0.39 is 12.0 Å². The summed E-state index contributed by atoms with van der Waals surface area (Å²) in [5, 5.41) is 9.86. The Balaban J connectivity index is 2.08. The van der Waals surface area contributed by atoms with Gasteiger partial charge in [-0.25, -0.2) is 0 Å². The number of carbonyl (C=O) groups is 1. The number of nitrogens with zero attached hydrogens (tertiary/aromatic N) is 2. The van der Waals surface area contributed by atoms with Gasteiger partial charge in [-0.2, -0.15) is 0 Å². The molecule has 2 rings (SSSR count). The number of likely N-dealkylation sites (N-methyl/N-ethyl adjacent to an activating group) is 1. The van der Waals surface area contributed by atoms with E-state index in [0.717, 1.165) is 56.9 Å². The Morgan fingerprint density at radius 3 is 2.72 bits per heavy atom. The topological polar surface area (TPSA) is 62.2 Å². The molecule has 25 heavy (non-hydrogen) atoms. The van der Waals surface area contributed by atoms with Crippen LogP contribution in [0.25, 0.3) is 0 Å². The normalized spacial score (nSPS) is 16.8. The maximum absolute atomic E-state index is 12.0. The summed E-state index contributed by atoms with van der Waals surface area (Å²) >= 11 is 0. The summed E-state index contributed by atoms with van der Waals surface area (Å²) < 4.78 is 10.8. The van der Waals surface area contributed by atoms with Crippen LogP contribution in [0.4, 0.5) is 0 Å². The molecule has 0 radical (unpaired) electrons. The maximum atomic E-state index is 12.0. The lowest BCUT2D eigenvalue weighted by Crippen LogP contribution is -2.39. The first kappa shape index (κ1) is 19.7. The predicted molar refractivity (Wildman–Crippen MR) is 97.2 cm³/mol. The van der Waals surface area contributed by atoms with Gasteiger partial charge in [0.1, 0.15) is 11.8 Å². The maximum Gasteiger partial charge on any atom is 0.325 e. The fraction of sp³-hybridized carbons (Fsp3) is 0.632. The highest BCUT2D eigenvalue weighted by molar-refractivity contribution is 5.77. The molecule has 0 unspecified atom stereocenters. The number of hydrogen-bond donors (Lipinski definition) is 1. The van der Waals surface area contributed by atoms with Gasteiger partial charge in [0.2, 0.25) is 0 Å². The van der Waals surface area contributed by atoms with E-state index in [0.29, 0.717) is 12.3 Å². The molecule has 0 amide bonds. The first-order valence-electron chi connectivity index (χ1n) is 8.98. The third-order valence-corrected chi connectivity index (χ3v) is 4.71. The smallest absolute Gasteiger partial charge is 0.325 e. The number of hydrogen-bond acceptors (Lipinski definition) is 5. The molecule has 1 atom stereocenters. The molecular weight excluding hydrogens is 320 g/mol. The highest BCUT2D eigenvalue weighted by Gasteiger charge is 2.29. The highest BCUT2D eigenvalue weighted by atomic mass is 16.5. The van der Waals surface area contributed by atoms with E-state index in [2.05, 4.69) is 4.90 Å². The highest BCUT2D eigenvalue weighted by Crippen LogP contribution is 2.30. The number of carboxylic acids is 1. The van der Waals surface area contributed by atoms with Crippen LogP contribution in [0.15, 0.2) is 18.2 Å². The SMILES string of the molecule is CCN(CCCN1CCOCC1)[C@@H](C(=O)O)c1cc(C)ccc1OC. The van der Waals surface area contributed by atoms with Gasteiger partial charge in [0, 0.05) is 25.2 Å². The Morgan fingerprint density at radius 2 is 2.12 bits per heavy atom. The lowest BCUT2D eigenvalue weighted by atomic mass is 10.0. The van der Waals surface area contributed by atoms with Crippen molar-refractivity contribution in [1.29, 1.82) is 0 Å². The van der Waals surface area contributed by atoms with Crippen LogP contribution >= 0.6 is 0 Å². The minimum Gasteiger partial charge on any atom is -0.496 e. The third kappa shape index (κ3) is 5.42. The van der Waals surface area contributed by atoms with Gasteiger partial charge in [-0.1, -0.05) is 24.6 Å². The van der Waals surface area contributed by atoms with Crippen molar-refractivity contribution >= 4 is 5.97 Å². The monoisotopic (exact) mass is 350 g/mol. The zero-order valence-corrected chi connectivity index (χ0v) is 15.5. The Kier molecular flexibility index (Phi) is 7.68. The molecule has 0 bridgehead atoms. The minimum atomic E-state index is -0.836. The second-order valence-electron chi connectivity index (χ2n) is 6.42. The number of benzene rings is 1. The molecule has 1 fully saturated rings. The van der Waals surface area contributed by atoms with Crippen LogP contribution in [0.5, 0.6) is 5.75 Å². The first-order chi connectivity index (χ1) is 12.1. The molecule has 0 spiro atoms. The number of morpholine rings is 1.